The molecule has 146 valence electrons. The minimum absolute atomic E-state index is 0. The molecule has 0 aromatic rings. The van der Waals surface area contributed by atoms with Crippen molar-refractivity contribution in [3.8, 4) is 0 Å². The average molecular weight is 465 g/mol. The highest BCUT2D eigenvalue weighted by Crippen LogP contribution is 2.16. The van der Waals surface area contributed by atoms with Gasteiger partial charge in [0, 0.05) is 38.1 Å². The molecule has 0 aliphatic carbocycles. The van der Waals surface area contributed by atoms with E-state index in [0.717, 1.165) is 38.6 Å². The van der Waals surface area contributed by atoms with Gasteiger partial charge in [-0.3, -0.25) is 9.79 Å². The third-order valence-corrected chi connectivity index (χ3v) is 5.02. The van der Waals surface area contributed by atoms with Crippen LogP contribution < -0.4 is 10.6 Å². The summed E-state index contributed by atoms with van der Waals surface area (Å²) in [6.07, 6.45) is 3.47. The van der Waals surface area contributed by atoms with Crippen LogP contribution in [0.4, 0.5) is 0 Å². The van der Waals surface area contributed by atoms with Crippen LogP contribution >= 0.6 is 24.0 Å². The van der Waals surface area contributed by atoms with Gasteiger partial charge in [0.05, 0.1) is 0 Å². The number of nitrogens with zero attached hydrogens (tertiary/aromatic N) is 3. The smallest absolute Gasteiger partial charge is 0.225 e. The van der Waals surface area contributed by atoms with Gasteiger partial charge in [0.25, 0.3) is 0 Å². The maximum atomic E-state index is 12.1. The van der Waals surface area contributed by atoms with Crippen LogP contribution in [0.2, 0.25) is 0 Å². The summed E-state index contributed by atoms with van der Waals surface area (Å²) < 4.78 is 0. The first-order valence-electron chi connectivity index (χ1n) is 9.51. The molecule has 2 aliphatic heterocycles. The first-order chi connectivity index (χ1) is 11.5. The van der Waals surface area contributed by atoms with E-state index in [-0.39, 0.29) is 35.8 Å². The zero-order chi connectivity index (χ0) is 17.5. The largest absolute Gasteiger partial charge is 0.357 e. The third-order valence-electron chi connectivity index (χ3n) is 5.02. The van der Waals surface area contributed by atoms with Gasteiger partial charge in [0.1, 0.15) is 0 Å². The Bertz CT molecular complexity index is 435. The van der Waals surface area contributed by atoms with Crippen molar-refractivity contribution in [2.24, 2.45) is 16.8 Å². The second-order valence-electron chi connectivity index (χ2n) is 7.54. The van der Waals surface area contributed by atoms with Crippen LogP contribution in [0.15, 0.2) is 4.99 Å². The summed E-state index contributed by atoms with van der Waals surface area (Å²) >= 11 is 0. The molecule has 2 saturated heterocycles. The van der Waals surface area contributed by atoms with Gasteiger partial charge >= 0.3 is 0 Å². The number of carbonyl (C=O) groups excluding carboxylic acids is 1. The number of guanidine groups is 1. The maximum Gasteiger partial charge on any atom is 0.225 e. The molecular formula is C18H36IN5O. The molecule has 0 aromatic carbocycles. The Hall–Kier alpha value is -0.570. The van der Waals surface area contributed by atoms with Gasteiger partial charge in [-0.1, -0.05) is 13.8 Å². The monoisotopic (exact) mass is 465 g/mol. The van der Waals surface area contributed by atoms with Crippen molar-refractivity contribution in [2.45, 2.75) is 46.1 Å². The quantitative estimate of drug-likeness (QED) is 0.369. The summed E-state index contributed by atoms with van der Waals surface area (Å²) in [5.41, 5.74) is 0. The van der Waals surface area contributed by atoms with Crippen molar-refractivity contribution in [3.63, 3.8) is 0 Å². The van der Waals surface area contributed by atoms with E-state index in [4.69, 9.17) is 4.99 Å². The van der Waals surface area contributed by atoms with Crippen molar-refractivity contribution in [2.75, 3.05) is 46.3 Å². The number of piperidine rings is 1. The molecule has 2 aliphatic rings. The van der Waals surface area contributed by atoms with E-state index in [1.807, 2.05) is 18.7 Å². The van der Waals surface area contributed by atoms with Gasteiger partial charge in [0.15, 0.2) is 5.96 Å². The lowest BCUT2D eigenvalue weighted by Crippen LogP contribution is -2.45. The van der Waals surface area contributed by atoms with Crippen molar-refractivity contribution in [1.29, 1.82) is 0 Å². The fraction of sp³-hybridized carbons (Fsp3) is 0.889. The summed E-state index contributed by atoms with van der Waals surface area (Å²) in [4.78, 5) is 21.3. The molecule has 0 spiro atoms. The normalized spacial score (nSPS) is 22.8. The molecule has 2 rings (SSSR count). The SMILES string of the molecule is CCNC(=NCC1CCN(C)CC1)NC1CCN(C(=O)C(C)C)C1.I. The second-order valence-corrected chi connectivity index (χ2v) is 7.54. The second kappa shape index (κ2) is 11.2. The van der Waals surface area contributed by atoms with Crippen LogP contribution in [0, 0.1) is 11.8 Å². The first-order valence-corrected chi connectivity index (χ1v) is 9.51. The molecule has 1 unspecified atom stereocenters. The van der Waals surface area contributed by atoms with E-state index >= 15 is 0 Å². The molecule has 1 atom stereocenters. The van der Waals surface area contributed by atoms with Crippen molar-refractivity contribution < 1.29 is 4.79 Å². The third kappa shape index (κ3) is 7.29. The molecule has 0 radical (unpaired) electrons. The van der Waals surface area contributed by atoms with Gasteiger partial charge in [-0.2, -0.15) is 0 Å². The number of carbonyl (C=O) groups is 1. The number of likely N-dealkylation sites (tertiary alicyclic amines) is 2. The Balaban J connectivity index is 0.00000312. The molecule has 6 nitrogen and oxygen atoms in total. The predicted molar refractivity (Wildman–Crippen MR) is 115 cm³/mol. The van der Waals surface area contributed by atoms with E-state index in [0.29, 0.717) is 12.0 Å². The zero-order valence-corrected chi connectivity index (χ0v) is 18.6. The van der Waals surface area contributed by atoms with Crippen LogP contribution in [-0.4, -0.2) is 74.0 Å². The molecule has 0 bridgehead atoms. The van der Waals surface area contributed by atoms with E-state index in [1.54, 1.807) is 0 Å². The molecule has 0 saturated carbocycles. The van der Waals surface area contributed by atoms with Gasteiger partial charge in [-0.25, -0.2) is 0 Å². The number of amides is 1. The van der Waals surface area contributed by atoms with Gasteiger partial charge in [0.2, 0.25) is 5.91 Å². The van der Waals surface area contributed by atoms with Crippen LogP contribution in [0.3, 0.4) is 0 Å². The minimum atomic E-state index is 0. The van der Waals surface area contributed by atoms with Gasteiger partial charge < -0.3 is 20.4 Å². The van der Waals surface area contributed by atoms with Crippen LogP contribution in [0.5, 0.6) is 0 Å². The molecule has 2 heterocycles. The lowest BCUT2D eigenvalue weighted by Gasteiger charge is -2.28. The van der Waals surface area contributed by atoms with Gasteiger partial charge in [-0.15, -0.1) is 24.0 Å². The zero-order valence-electron chi connectivity index (χ0n) is 16.3. The highest BCUT2D eigenvalue weighted by molar-refractivity contribution is 14.0. The Morgan fingerprint density at radius 1 is 1.20 bits per heavy atom. The number of nitrogens with one attached hydrogen (secondary N) is 2. The molecule has 2 fully saturated rings. The lowest BCUT2D eigenvalue weighted by molar-refractivity contribution is -0.133. The fourth-order valence-electron chi connectivity index (χ4n) is 3.42. The van der Waals surface area contributed by atoms with Crippen molar-refractivity contribution >= 4 is 35.8 Å². The fourth-order valence-corrected chi connectivity index (χ4v) is 3.42. The Kier molecular flexibility index (Phi) is 10.1. The molecule has 1 amide bonds. The lowest BCUT2D eigenvalue weighted by atomic mass is 9.97. The Morgan fingerprint density at radius 2 is 1.88 bits per heavy atom. The summed E-state index contributed by atoms with van der Waals surface area (Å²) in [5, 5.41) is 6.87. The standard InChI is InChI=1S/C18H35N5O.HI/c1-5-19-18(20-12-15-6-9-22(4)10-7-15)21-16-8-11-23(13-16)17(24)14(2)3;/h14-16H,5-13H2,1-4H3,(H2,19,20,21);1H. The summed E-state index contributed by atoms with van der Waals surface area (Å²) in [5.74, 6) is 1.93. The highest BCUT2D eigenvalue weighted by atomic mass is 127. The minimum Gasteiger partial charge on any atom is -0.357 e. The first kappa shape index (κ1) is 22.5. The van der Waals surface area contributed by atoms with Crippen molar-refractivity contribution in [3.05, 3.63) is 0 Å². The molecule has 2 N–H and O–H groups in total. The van der Waals surface area contributed by atoms with E-state index in [1.165, 1.54) is 25.9 Å². The molecule has 0 aromatic heterocycles. The Labute approximate surface area is 170 Å². The van der Waals surface area contributed by atoms with E-state index in [2.05, 4.69) is 29.5 Å². The number of hydrogen-bond acceptors (Lipinski definition) is 3. The van der Waals surface area contributed by atoms with E-state index in [9.17, 15) is 4.79 Å². The molecule has 7 heteroatoms. The number of hydrogen-bond donors (Lipinski definition) is 2. The molecule has 25 heavy (non-hydrogen) atoms. The molecular weight excluding hydrogens is 429 g/mol. The van der Waals surface area contributed by atoms with Gasteiger partial charge in [-0.05, 0) is 52.2 Å². The summed E-state index contributed by atoms with van der Waals surface area (Å²) in [6, 6.07) is 0.308. The topological polar surface area (TPSA) is 60.0 Å². The van der Waals surface area contributed by atoms with Crippen LogP contribution in [0.1, 0.15) is 40.0 Å². The van der Waals surface area contributed by atoms with E-state index < -0.39 is 0 Å². The summed E-state index contributed by atoms with van der Waals surface area (Å²) in [7, 11) is 2.19. The predicted octanol–water partition coefficient (Wildman–Crippen LogP) is 1.76. The number of aliphatic imine (C=N–C) groups is 1. The van der Waals surface area contributed by atoms with Crippen LogP contribution in [0.25, 0.3) is 0 Å². The van der Waals surface area contributed by atoms with Crippen molar-refractivity contribution in [1.82, 2.24) is 20.4 Å². The number of rotatable bonds is 5. The Morgan fingerprint density at radius 3 is 2.48 bits per heavy atom. The average Bonchev–Trinajstić information content (AvgIpc) is 3.02. The van der Waals surface area contributed by atoms with Crippen LogP contribution in [-0.2, 0) is 4.79 Å². The highest BCUT2D eigenvalue weighted by Gasteiger charge is 2.28. The summed E-state index contributed by atoms with van der Waals surface area (Å²) in [6.45, 7) is 11.8. The maximum absolute atomic E-state index is 12.1. The number of halogens is 1.